The van der Waals surface area contributed by atoms with E-state index >= 15 is 0 Å². The zero-order chi connectivity index (χ0) is 23.1. The molecular formula is C30H50O2. The number of carbonyl (C=O) groups is 1. The summed E-state index contributed by atoms with van der Waals surface area (Å²) >= 11 is 0. The highest BCUT2D eigenvalue weighted by Gasteiger charge is 2.59. The van der Waals surface area contributed by atoms with Crippen LogP contribution in [0.15, 0.2) is 11.6 Å². The van der Waals surface area contributed by atoms with Crippen molar-refractivity contribution in [2.75, 3.05) is 0 Å². The van der Waals surface area contributed by atoms with Crippen LogP contribution in [0.3, 0.4) is 0 Å². The van der Waals surface area contributed by atoms with E-state index in [0.717, 1.165) is 54.8 Å². The van der Waals surface area contributed by atoms with Crippen LogP contribution in [-0.2, 0) is 9.53 Å². The van der Waals surface area contributed by atoms with Crippen LogP contribution >= 0.6 is 0 Å². The Bertz CT molecular complexity index is 708. The molecule has 3 fully saturated rings. The molecule has 4 aliphatic rings. The third-order valence-electron chi connectivity index (χ3n) is 10.8. The number of hydrogen-bond acceptors (Lipinski definition) is 2. The number of fused-ring (bicyclic) bond motifs is 5. The minimum absolute atomic E-state index is 0.0142. The monoisotopic (exact) mass is 442 g/mol. The summed E-state index contributed by atoms with van der Waals surface area (Å²) < 4.78 is 5.88. The lowest BCUT2D eigenvalue weighted by Crippen LogP contribution is -2.51. The van der Waals surface area contributed by atoms with E-state index in [9.17, 15) is 4.79 Å². The lowest BCUT2D eigenvalue weighted by atomic mass is 9.47. The molecule has 32 heavy (non-hydrogen) atoms. The standard InChI is InChI=1S/C30H50O2/c1-7-28(31)32-23-13-11-22-12-14-24-26-16-15-25(21(4)10-8-9-20(2)3)29(26,5)18-17-27(24)30(22,6)19-23/h12,20-21,23-27H,7-11,13-19H2,1-6H3/t21-,23?,24?,25-,26?,27?,29-,30+/m1/s1. The van der Waals surface area contributed by atoms with Gasteiger partial charge in [0.25, 0.3) is 0 Å². The van der Waals surface area contributed by atoms with E-state index in [4.69, 9.17) is 4.74 Å². The molecule has 2 nitrogen and oxygen atoms in total. The van der Waals surface area contributed by atoms with E-state index in [1.165, 1.54) is 51.4 Å². The normalized spacial score (nSPS) is 42.0. The molecule has 182 valence electrons. The van der Waals surface area contributed by atoms with Crippen LogP contribution in [0.4, 0.5) is 0 Å². The van der Waals surface area contributed by atoms with E-state index in [2.05, 4.69) is 40.7 Å². The predicted octanol–water partition coefficient (Wildman–Crippen LogP) is 8.35. The van der Waals surface area contributed by atoms with Gasteiger partial charge in [0.1, 0.15) is 6.10 Å². The highest BCUT2D eigenvalue weighted by molar-refractivity contribution is 5.69. The Morgan fingerprint density at radius 2 is 1.88 bits per heavy atom. The van der Waals surface area contributed by atoms with Gasteiger partial charge in [-0.15, -0.1) is 0 Å². The number of rotatable bonds is 7. The number of hydrogen-bond donors (Lipinski definition) is 0. The Morgan fingerprint density at radius 1 is 1.09 bits per heavy atom. The molecule has 0 aromatic carbocycles. The van der Waals surface area contributed by atoms with Crippen molar-refractivity contribution >= 4 is 5.97 Å². The molecule has 0 radical (unpaired) electrons. The lowest BCUT2D eigenvalue weighted by molar-refractivity contribution is -0.153. The quantitative estimate of drug-likeness (QED) is 0.292. The summed E-state index contributed by atoms with van der Waals surface area (Å²) in [5, 5.41) is 0. The van der Waals surface area contributed by atoms with Gasteiger partial charge in [-0.1, -0.05) is 72.5 Å². The molecule has 0 spiro atoms. The zero-order valence-electron chi connectivity index (χ0n) is 21.9. The van der Waals surface area contributed by atoms with Crippen LogP contribution in [0.1, 0.15) is 119 Å². The van der Waals surface area contributed by atoms with Crippen LogP contribution in [-0.4, -0.2) is 12.1 Å². The summed E-state index contributed by atoms with van der Waals surface area (Å²) in [6, 6.07) is 0. The maximum atomic E-state index is 12.0. The lowest BCUT2D eigenvalue weighted by Gasteiger charge is -2.58. The molecule has 0 heterocycles. The molecule has 3 saturated carbocycles. The van der Waals surface area contributed by atoms with Crippen molar-refractivity contribution in [2.24, 2.45) is 46.3 Å². The Hall–Kier alpha value is -0.790. The van der Waals surface area contributed by atoms with Crippen molar-refractivity contribution < 1.29 is 9.53 Å². The van der Waals surface area contributed by atoms with E-state index in [0.29, 0.717) is 11.8 Å². The smallest absolute Gasteiger partial charge is 0.305 e. The van der Waals surface area contributed by atoms with Crippen molar-refractivity contribution in [2.45, 2.75) is 125 Å². The molecule has 8 atom stereocenters. The van der Waals surface area contributed by atoms with Gasteiger partial charge in [0.05, 0.1) is 0 Å². The van der Waals surface area contributed by atoms with Gasteiger partial charge in [-0.2, -0.15) is 0 Å². The molecule has 0 aliphatic heterocycles. The highest BCUT2D eigenvalue weighted by Crippen LogP contribution is 2.67. The molecular weight excluding hydrogens is 392 g/mol. The van der Waals surface area contributed by atoms with Gasteiger partial charge in [-0.25, -0.2) is 0 Å². The van der Waals surface area contributed by atoms with Gasteiger partial charge in [0.2, 0.25) is 0 Å². The number of allylic oxidation sites excluding steroid dienone is 2. The highest BCUT2D eigenvalue weighted by atomic mass is 16.5. The van der Waals surface area contributed by atoms with Crippen molar-refractivity contribution in [3.63, 3.8) is 0 Å². The van der Waals surface area contributed by atoms with Crippen LogP contribution in [0, 0.1) is 46.3 Å². The molecule has 0 amide bonds. The topological polar surface area (TPSA) is 26.3 Å². The van der Waals surface area contributed by atoms with Gasteiger partial charge in [0.15, 0.2) is 0 Å². The first-order valence-electron chi connectivity index (χ1n) is 14.1. The maximum absolute atomic E-state index is 12.0. The van der Waals surface area contributed by atoms with Crippen LogP contribution in [0.25, 0.3) is 0 Å². The fraction of sp³-hybridized carbons (Fsp3) is 0.900. The molecule has 0 aromatic rings. The fourth-order valence-corrected chi connectivity index (χ4v) is 9.11. The maximum Gasteiger partial charge on any atom is 0.305 e. The molecule has 2 heteroatoms. The van der Waals surface area contributed by atoms with Crippen LogP contribution in [0.5, 0.6) is 0 Å². The third-order valence-corrected chi connectivity index (χ3v) is 10.8. The van der Waals surface area contributed by atoms with Crippen molar-refractivity contribution in [1.82, 2.24) is 0 Å². The SMILES string of the molecule is CCC(=O)OC1CCC2=CCC3C(CC[C@@]4(C)C3CC[C@@H]4[C@H](C)CCCC(C)C)[C@@]2(C)C1. The van der Waals surface area contributed by atoms with E-state index < -0.39 is 0 Å². The second kappa shape index (κ2) is 9.46. The van der Waals surface area contributed by atoms with E-state index in [1.54, 1.807) is 5.57 Å². The summed E-state index contributed by atoms with van der Waals surface area (Å²) in [5.41, 5.74) is 2.49. The third kappa shape index (κ3) is 4.34. The van der Waals surface area contributed by atoms with Gasteiger partial charge < -0.3 is 4.74 Å². The van der Waals surface area contributed by atoms with E-state index in [-0.39, 0.29) is 17.5 Å². The van der Waals surface area contributed by atoms with Gasteiger partial charge in [0, 0.05) is 6.42 Å². The van der Waals surface area contributed by atoms with Crippen molar-refractivity contribution in [3.8, 4) is 0 Å². The molecule has 0 saturated heterocycles. The number of ether oxygens (including phenoxy) is 1. The number of carbonyl (C=O) groups excluding carboxylic acids is 1. The summed E-state index contributed by atoms with van der Waals surface area (Å²) in [4.78, 5) is 12.0. The summed E-state index contributed by atoms with van der Waals surface area (Å²) in [6.45, 7) is 14.4. The Labute approximate surface area is 198 Å². The molecule has 4 unspecified atom stereocenters. The van der Waals surface area contributed by atoms with Crippen molar-refractivity contribution in [1.29, 1.82) is 0 Å². The minimum atomic E-state index is -0.0142. The molecule has 0 N–H and O–H groups in total. The number of esters is 1. The Kier molecular flexibility index (Phi) is 7.19. The average molecular weight is 443 g/mol. The van der Waals surface area contributed by atoms with Crippen molar-refractivity contribution in [3.05, 3.63) is 11.6 Å². The van der Waals surface area contributed by atoms with Gasteiger partial charge in [-0.05, 0) is 97.7 Å². The first-order valence-corrected chi connectivity index (χ1v) is 14.1. The second-order valence-electron chi connectivity index (χ2n) is 13.0. The summed E-state index contributed by atoms with van der Waals surface area (Å²) in [5.74, 6) is 5.15. The Morgan fingerprint density at radius 3 is 2.59 bits per heavy atom. The molecule has 4 rings (SSSR count). The second-order valence-corrected chi connectivity index (χ2v) is 13.0. The van der Waals surface area contributed by atoms with Crippen LogP contribution < -0.4 is 0 Å². The summed E-state index contributed by atoms with van der Waals surface area (Å²) in [6.07, 6.45) is 17.7. The predicted molar refractivity (Wildman–Crippen MR) is 133 cm³/mol. The largest absolute Gasteiger partial charge is 0.462 e. The average Bonchev–Trinajstić information content (AvgIpc) is 3.10. The molecule has 4 aliphatic carbocycles. The first-order chi connectivity index (χ1) is 15.2. The molecule has 0 bridgehead atoms. The summed E-state index contributed by atoms with van der Waals surface area (Å²) in [7, 11) is 0. The van der Waals surface area contributed by atoms with Gasteiger partial charge >= 0.3 is 5.97 Å². The fourth-order valence-electron chi connectivity index (χ4n) is 9.11. The van der Waals surface area contributed by atoms with Crippen LogP contribution in [0.2, 0.25) is 0 Å². The van der Waals surface area contributed by atoms with E-state index in [1.807, 2.05) is 6.92 Å². The first kappa shape index (κ1) is 24.3. The Balaban J connectivity index is 1.47. The zero-order valence-corrected chi connectivity index (χ0v) is 21.9. The van der Waals surface area contributed by atoms with Gasteiger partial charge in [-0.3, -0.25) is 4.79 Å². The minimum Gasteiger partial charge on any atom is -0.462 e. The molecule has 0 aromatic heterocycles.